The highest BCUT2D eigenvalue weighted by molar-refractivity contribution is 5.92. The van der Waals surface area contributed by atoms with Gasteiger partial charge < -0.3 is 9.47 Å². The molecule has 3 N–H and O–H groups in total. The van der Waals surface area contributed by atoms with Gasteiger partial charge in [-0.3, -0.25) is 11.1 Å². The lowest BCUT2D eigenvalue weighted by Crippen LogP contribution is -2.37. The van der Waals surface area contributed by atoms with Crippen molar-refractivity contribution < 1.29 is 9.47 Å². The fourth-order valence-electron chi connectivity index (χ4n) is 7.27. The van der Waals surface area contributed by atoms with E-state index in [1.54, 1.807) is 0 Å². The van der Waals surface area contributed by atoms with Crippen molar-refractivity contribution in [3.8, 4) is 22.6 Å². The van der Waals surface area contributed by atoms with Crippen LogP contribution in [0.25, 0.3) is 11.1 Å². The van der Waals surface area contributed by atoms with Crippen molar-refractivity contribution in [2.75, 3.05) is 0 Å². The van der Waals surface area contributed by atoms with Gasteiger partial charge in [-0.25, -0.2) is 0 Å². The van der Waals surface area contributed by atoms with Gasteiger partial charge in [0.25, 0.3) is 0 Å². The molecule has 1 aliphatic heterocycles. The van der Waals surface area contributed by atoms with E-state index in [1.807, 2.05) is 54.6 Å². The highest BCUT2D eigenvalue weighted by Gasteiger charge is 2.56. The molecule has 4 heteroatoms. The van der Waals surface area contributed by atoms with E-state index < -0.39 is 6.23 Å². The van der Waals surface area contributed by atoms with Gasteiger partial charge in [0.15, 0.2) is 6.23 Å². The summed E-state index contributed by atoms with van der Waals surface area (Å²) in [4.78, 5) is 0. The monoisotopic (exact) mass is 558 g/mol. The average molecular weight is 559 g/mol. The molecule has 4 atom stereocenters. The van der Waals surface area contributed by atoms with Gasteiger partial charge in [-0.05, 0) is 46.5 Å². The second-order valence-electron chi connectivity index (χ2n) is 11.4. The first-order valence-electron chi connectivity index (χ1n) is 14.7. The molecule has 0 amide bonds. The van der Waals surface area contributed by atoms with E-state index in [0.717, 1.165) is 28.2 Å². The summed E-state index contributed by atoms with van der Waals surface area (Å²) in [5, 5.41) is 8.47. The lowest BCUT2D eigenvalue weighted by molar-refractivity contribution is 0.199. The summed E-state index contributed by atoms with van der Waals surface area (Å²) in [5.74, 6) is 2.38. The van der Waals surface area contributed by atoms with Crippen LogP contribution in [0.5, 0.6) is 11.5 Å². The van der Waals surface area contributed by atoms with Crippen LogP contribution in [-0.2, 0) is 10.2 Å². The summed E-state index contributed by atoms with van der Waals surface area (Å²) < 4.78 is 12.4. The largest absolute Gasteiger partial charge is 0.457 e. The first-order valence-corrected chi connectivity index (χ1v) is 14.7. The normalized spacial score (nSPS) is 21.2. The highest BCUT2D eigenvalue weighted by atomic mass is 16.5. The maximum Gasteiger partial charge on any atom is 0.215 e. The Hall–Kier alpha value is -5.19. The number of fused-ring (bicyclic) bond motifs is 9. The van der Waals surface area contributed by atoms with E-state index >= 15 is 0 Å². The van der Waals surface area contributed by atoms with Crippen molar-refractivity contribution in [3.05, 3.63) is 179 Å². The molecule has 5 aromatic rings. The van der Waals surface area contributed by atoms with E-state index in [2.05, 4.69) is 91.0 Å². The summed E-state index contributed by atoms with van der Waals surface area (Å²) in [5.41, 5.74) is 14.6. The number of ether oxygens (including phenoxy) is 2. The van der Waals surface area contributed by atoms with Gasteiger partial charge in [0, 0.05) is 34.1 Å². The lowest BCUT2D eigenvalue weighted by atomic mass is 9.62. The van der Waals surface area contributed by atoms with Crippen LogP contribution in [0.3, 0.4) is 0 Å². The van der Waals surface area contributed by atoms with Crippen LogP contribution in [0.2, 0.25) is 0 Å². The molecule has 43 heavy (non-hydrogen) atoms. The number of nitrogens with two attached hydrogens (primary N) is 1. The standard InChI is InChI=1S/C39H30N2O2/c40-37(26-10-2-1-3-11-26)43-38(41)27-20-18-25(19-21-27)28-22-23-34-36(24-28)42-35-17-9-8-16-33(35)39(34)31-14-6-4-12-29(31)30-13-5-7-15-32(30)39/h1-24,29,31,37,41H,40H2. The second kappa shape index (κ2) is 9.97. The molecule has 0 fully saturated rings. The Balaban J connectivity index is 1.17. The molecule has 5 aromatic carbocycles. The van der Waals surface area contributed by atoms with Crippen LogP contribution in [0.4, 0.5) is 0 Å². The summed E-state index contributed by atoms with van der Waals surface area (Å²) >= 11 is 0. The van der Waals surface area contributed by atoms with Crippen molar-refractivity contribution in [2.24, 2.45) is 11.7 Å². The molecule has 1 spiro atoms. The third-order valence-electron chi connectivity index (χ3n) is 9.17. The Kier molecular flexibility index (Phi) is 5.92. The van der Waals surface area contributed by atoms with Gasteiger partial charge in [-0.15, -0.1) is 0 Å². The molecular formula is C39H30N2O2. The molecule has 1 heterocycles. The Bertz CT molecular complexity index is 1930. The second-order valence-corrected chi connectivity index (χ2v) is 11.4. The number of para-hydroxylation sites is 1. The van der Waals surface area contributed by atoms with Crippen molar-refractivity contribution >= 4 is 5.90 Å². The van der Waals surface area contributed by atoms with Gasteiger partial charge in [-0.2, -0.15) is 0 Å². The van der Waals surface area contributed by atoms with Gasteiger partial charge in [0.2, 0.25) is 5.90 Å². The molecule has 0 aromatic heterocycles. The zero-order valence-corrected chi connectivity index (χ0v) is 23.5. The summed E-state index contributed by atoms with van der Waals surface area (Å²) in [6, 6.07) is 41.4. The van der Waals surface area contributed by atoms with Crippen LogP contribution >= 0.6 is 0 Å². The van der Waals surface area contributed by atoms with E-state index in [9.17, 15) is 0 Å². The number of hydrogen-bond donors (Lipinski definition) is 2. The summed E-state index contributed by atoms with van der Waals surface area (Å²) in [7, 11) is 0. The molecule has 0 saturated carbocycles. The molecule has 0 bridgehead atoms. The third kappa shape index (κ3) is 3.91. The topological polar surface area (TPSA) is 68.3 Å². The van der Waals surface area contributed by atoms with Crippen molar-refractivity contribution in [3.63, 3.8) is 0 Å². The van der Waals surface area contributed by atoms with Gasteiger partial charge in [0.1, 0.15) is 11.5 Å². The highest BCUT2D eigenvalue weighted by Crippen LogP contribution is 2.64. The fraction of sp³-hybridized carbons (Fsp3) is 0.103. The zero-order valence-electron chi connectivity index (χ0n) is 23.5. The Morgan fingerprint density at radius 3 is 2.21 bits per heavy atom. The van der Waals surface area contributed by atoms with E-state index in [1.165, 1.54) is 22.3 Å². The van der Waals surface area contributed by atoms with E-state index in [4.69, 9.17) is 20.6 Å². The molecule has 4 unspecified atom stereocenters. The number of allylic oxidation sites excluding steroid dienone is 4. The molecule has 208 valence electrons. The van der Waals surface area contributed by atoms with Crippen molar-refractivity contribution in [1.82, 2.24) is 0 Å². The van der Waals surface area contributed by atoms with Crippen molar-refractivity contribution in [1.29, 1.82) is 5.41 Å². The molecule has 2 aliphatic carbocycles. The van der Waals surface area contributed by atoms with Gasteiger partial charge >= 0.3 is 0 Å². The SMILES string of the molecule is N=C(OC(N)c1ccccc1)c1ccc(-c2ccc3c(c2)Oc2ccccc2C32c3ccccc3C3C=CC=CC32)cc1. The van der Waals surface area contributed by atoms with E-state index in [-0.39, 0.29) is 17.2 Å². The number of benzene rings is 5. The van der Waals surface area contributed by atoms with Crippen LogP contribution < -0.4 is 10.5 Å². The van der Waals surface area contributed by atoms with Crippen molar-refractivity contribution in [2.45, 2.75) is 17.6 Å². The predicted molar refractivity (Wildman–Crippen MR) is 171 cm³/mol. The van der Waals surface area contributed by atoms with Crippen LogP contribution in [0.1, 0.15) is 45.5 Å². The molecule has 0 saturated heterocycles. The van der Waals surface area contributed by atoms with Crippen LogP contribution in [0.15, 0.2) is 146 Å². The summed E-state index contributed by atoms with van der Waals surface area (Å²) in [6.07, 6.45) is 8.40. The van der Waals surface area contributed by atoms with Crippen LogP contribution in [-0.4, -0.2) is 5.90 Å². The number of nitrogens with one attached hydrogen (secondary N) is 1. The minimum atomic E-state index is -0.698. The predicted octanol–water partition coefficient (Wildman–Crippen LogP) is 8.63. The molecule has 4 nitrogen and oxygen atoms in total. The average Bonchev–Trinajstić information content (AvgIpc) is 3.36. The number of hydrogen-bond acceptors (Lipinski definition) is 4. The third-order valence-corrected chi connectivity index (χ3v) is 9.17. The Morgan fingerprint density at radius 1 is 0.698 bits per heavy atom. The maximum atomic E-state index is 8.47. The fourth-order valence-corrected chi connectivity index (χ4v) is 7.27. The Labute approximate surface area is 251 Å². The quantitative estimate of drug-likeness (QED) is 0.132. The van der Waals surface area contributed by atoms with E-state index in [0.29, 0.717) is 11.5 Å². The summed E-state index contributed by atoms with van der Waals surface area (Å²) in [6.45, 7) is 0. The van der Waals surface area contributed by atoms with Gasteiger partial charge in [0.05, 0.1) is 5.41 Å². The van der Waals surface area contributed by atoms with Crippen LogP contribution in [0, 0.1) is 11.3 Å². The lowest BCUT2D eigenvalue weighted by Gasteiger charge is -2.43. The molecule has 0 radical (unpaired) electrons. The zero-order chi connectivity index (χ0) is 29.0. The van der Waals surface area contributed by atoms with Gasteiger partial charge in [-0.1, -0.05) is 121 Å². The first kappa shape index (κ1) is 25.5. The minimum absolute atomic E-state index is 0.0410. The Morgan fingerprint density at radius 2 is 1.37 bits per heavy atom. The maximum absolute atomic E-state index is 8.47. The smallest absolute Gasteiger partial charge is 0.215 e. The first-order chi connectivity index (χ1) is 21.1. The molecular weight excluding hydrogens is 528 g/mol. The molecule has 8 rings (SSSR count). The minimum Gasteiger partial charge on any atom is -0.457 e. The number of rotatable bonds is 4. The molecule has 3 aliphatic rings.